The highest BCUT2D eigenvalue weighted by Gasteiger charge is 2.57. The van der Waals surface area contributed by atoms with Crippen LogP contribution in [0.25, 0.3) is 0 Å². The molecule has 9 heteroatoms. The Kier molecular flexibility index (Phi) is 12.2. The summed E-state index contributed by atoms with van der Waals surface area (Å²) in [5.41, 5.74) is 2.36. The third kappa shape index (κ3) is 8.17. The Morgan fingerprint density at radius 3 is 2.54 bits per heavy atom. The molecule has 1 amide bonds. The van der Waals surface area contributed by atoms with E-state index in [4.69, 9.17) is 18.6 Å². The molecule has 4 atom stereocenters. The Balaban J connectivity index is 1.53. The molecule has 1 fully saturated rings. The Morgan fingerprint density at radius 1 is 1.02 bits per heavy atom. The van der Waals surface area contributed by atoms with Crippen molar-refractivity contribution in [3.8, 4) is 11.5 Å². The SMILES string of the molecule is COCCCN(CC1(O)CCC2c3ccc(cc3C(=O)c3ccco3)CC(O)CCC(C)=CCCC21C)C(=O)Cc1ccc(OC)c(OC)c1. The topological polar surface area (TPSA) is 119 Å². The van der Waals surface area contributed by atoms with Gasteiger partial charge in [-0.15, -0.1) is 0 Å². The lowest BCUT2D eigenvalue weighted by Gasteiger charge is -2.46. The van der Waals surface area contributed by atoms with Gasteiger partial charge in [-0.3, -0.25) is 9.59 Å². The summed E-state index contributed by atoms with van der Waals surface area (Å²) in [7, 11) is 4.79. The van der Waals surface area contributed by atoms with Gasteiger partial charge in [0.15, 0.2) is 17.3 Å². The van der Waals surface area contributed by atoms with E-state index in [2.05, 4.69) is 19.9 Å². The summed E-state index contributed by atoms with van der Waals surface area (Å²) in [6.45, 7) is 5.30. The molecule has 0 aliphatic heterocycles. The lowest BCUT2D eigenvalue weighted by atomic mass is 9.64. The number of hydrogen-bond acceptors (Lipinski definition) is 8. The number of hydrogen-bond donors (Lipinski definition) is 2. The van der Waals surface area contributed by atoms with Gasteiger partial charge in [0.05, 0.1) is 38.6 Å². The summed E-state index contributed by atoms with van der Waals surface area (Å²) in [5.74, 6) is 0.918. The second-order valence-corrected chi connectivity index (χ2v) is 14.3. The van der Waals surface area contributed by atoms with E-state index in [0.717, 1.165) is 29.5 Å². The second-order valence-electron chi connectivity index (χ2n) is 14.3. The van der Waals surface area contributed by atoms with Gasteiger partial charge in [0.1, 0.15) is 0 Å². The lowest BCUT2D eigenvalue weighted by Crippen LogP contribution is -2.54. The van der Waals surface area contributed by atoms with E-state index >= 15 is 0 Å². The van der Waals surface area contributed by atoms with Crippen LogP contribution in [0, 0.1) is 5.41 Å². The van der Waals surface area contributed by atoms with Crippen molar-refractivity contribution >= 4 is 11.7 Å². The fraction of sp³-hybridized carbons (Fsp3) is 0.512. The Bertz CT molecular complexity index is 1650. The number of carbonyl (C=O) groups excluding carboxylic acids is 2. The van der Waals surface area contributed by atoms with Crippen LogP contribution in [0.2, 0.25) is 0 Å². The number of rotatable bonds is 12. The zero-order valence-electron chi connectivity index (χ0n) is 30.2. The minimum absolute atomic E-state index is 0.0953. The normalized spacial score (nSPS) is 23.9. The molecule has 3 aliphatic rings. The third-order valence-corrected chi connectivity index (χ3v) is 11.0. The van der Waals surface area contributed by atoms with Crippen LogP contribution < -0.4 is 9.47 Å². The molecule has 50 heavy (non-hydrogen) atoms. The smallest absolute Gasteiger partial charge is 0.228 e. The molecule has 3 aliphatic carbocycles. The van der Waals surface area contributed by atoms with Crippen LogP contribution in [-0.2, 0) is 22.4 Å². The number of aliphatic hydroxyl groups excluding tert-OH is 1. The van der Waals surface area contributed by atoms with Gasteiger partial charge in [0, 0.05) is 37.8 Å². The number of benzene rings is 2. The predicted octanol–water partition coefficient (Wildman–Crippen LogP) is 6.67. The number of methoxy groups -OCH3 is 3. The average molecular weight is 688 g/mol. The van der Waals surface area contributed by atoms with Crippen LogP contribution in [0.5, 0.6) is 11.5 Å². The molecule has 270 valence electrons. The van der Waals surface area contributed by atoms with E-state index in [1.54, 1.807) is 44.4 Å². The fourth-order valence-corrected chi connectivity index (χ4v) is 8.02. The van der Waals surface area contributed by atoms with Crippen molar-refractivity contribution in [2.75, 3.05) is 41.0 Å². The first-order valence-corrected chi connectivity index (χ1v) is 17.8. The Labute approximate surface area is 296 Å². The van der Waals surface area contributed by atoms with Gasteiger partial charge in [-0.05, 0) is 111 Å². The van der Waals surface area contributed by atoms with Crippen molar-refractivity contribution in [2.24, 2.45) is 5.41 Å². The maximum Gasteiger partial charge on any atom is 0.228 e. The van der Waals surface area contributed by atoms with Gasteiger partial charge in [-0.25, -0.2) is 0 Å². The first-order valence-electron chi connectivity index (χ1n) is 17.8. The van der Waals surface area contributed by atoms with Crippen LogP contribution in [0.1, 0.15) is 97.5 Å². The number of amides is 1. The van der Waals surface area contributed by atoms with Crippen molar-refractivity contribution in [2.45, 2.75) is 89.3 Å². The van der Waals surface area contributed by atoms with Crippen LogP contribution in [0.15, 0.2) is 70.9 Å². The molecular weight excluding hydrogens is 634 g/mol. The van der Waals surface area contributed by atoms with E-state index < -0.39 is 17.1 Å². The maximum absolute atomic E-state index is 14.1. The van der Waals surface area contributed by atoms with Crippen molar-refractivity contribution < 1.29 is 38.4 Å². The largest absolute Gasteiger partial charge is 0.493 e. The van der Waals surface area contributed by atoms with Crippen LogP contribution in [0.4, 0.5) is 0 Å². The van der Waals surface area contributed by atoms with Gasteiger partial charge < -0.3 is 33.7 Å². The van der Waals surface area contributed by atoms with Gasteiger partial charge in [0.25, 0.3) is 0 Å². The highest BCUT2D eigenvalue weighted by Crippen LogP contribution is 2.59. The summed E-state index contributed by atoms with van der Waals surface area (Å²) in [5, 5.41) is 23.8. The molecule has 2 bridgehead atoms. The molecule has 2 N–H and O–H groups in total. The highest BCUT2D eigenvalue weighted by molar-refractivity contribution is 6.08. The number of fused-ring (bicyclic) bond motifs is 8. The van der Waals surface area contributed by atoms with Crippen LogP contribution >= 0.6 is 0 Å². The molecule has 6 rings (SSSR count). The van der Waals surface area contributed by atoms with E-state index in [0.29, 0.717) is 68.7 Å². The van der Waals surface area contributed by atoms with Crippen molar-refractivity contribution in [3.63, 3.8) is 0 Å². The number of nitrogens with zero attached hydrogens (tertiary/aromatic N) is 1. The minimum atomic E-state index is -1.24. The number of ketones is 1. The number of ether oxygens (including phenoxy) is 3. The van der Waals surface area contributed by atoms with E-state index in [1.165, 1.54) is 11.8 Å². The maximum atomic E-state index is 14.1. The van der Waals surface area contributed by atoms with Crippen molar-refractivity contribution in [3.05, 3.63) is 94.5 Å². The van der Waals surface area contributed by atoms with Gasteiger partial charge in [-0.1, -0.05) is 36.8 Å². The number of furan rings is 1. The first kappa shape index (κ1) is 37.3. The van der Waals surface area contributed by atoms with Gasteiger partial charge >= 0.3 is 0 Å². The summed E-state index contributed by atoms with van der Waals surface area (Å²) in [6.07, 6.45) is 8.26. The van der Waals surface area contributed by atoms with Crippen LogP contribution in [0.3, 0.4) is 0 Å². The monoisotopic (exact) mass is 687 g/mol. The molecule has 1 saturated carbocycles. The summed E-state index contributed by atoms with van der Waals surface area (Å²) >= 11 is 0. The average Bonchev–Trinajstić information content (AvgIpc) is 3.73. The Hall–Kier alpha value is -3.92. The van der Waals surface area contributed by atoms with Crippen LogP contribution in [-0.4, -0.2) is 79.5 Å². The molecular formula is C41H53NO8. The summed E-state index contributed by atoms with van der Waals surface area (Å²) in [4.78, 5) is 29.9. The molecule has 2 aromatic carbocycles. The Morgan fingerprint density at radius 2 is 1.82 bits per heavy atom. The van der Waals surface area contributed by atoms with Crippen molar-refractivity contribution in [1.82, 2.24) is 4.90 Å². The first-order chi connectivity index (χ1) is 24.0. The second kappa shape index (κ2) is 16.4. The zero-order chi connectivity index (χ0) is 35.9. The zero-order valence-corrected chi connectivity index (χ0v) is 30.2. The third-order valence-electron chi connectivity index (χ3n) is 11.0. The van der Waals surface area contributed by atoms with Gasteiger partial charge in [0.2, 0.25) is 11.7 Å². The standard InChI is InChI=1S/C41H53NO8/c1-28-9-6-18-40(2)34(32-15-12-29(23-31(43)14-11-28)24-33(32)39(45)36-10-7-22-50-36)17-19-41(40,46)27-42(20-8-21-47-3)38(44)26-30-13-16-35(48-4)37(25-30)49-5/h7,9-10,12-13,15-16,22,24-25,31,34,43,46H,6,8,11,14,17-21,23,26-27H2,1-5H3. The lowest BCUT2D eigenvalue weighted by molar-refractivity contribution is -0.139. The summed E-state index contributed by atoms with van der Waals surface area (Å²) in [6, 6.07) is 14.8. The quantitative estimate of drug-likeness (QED) is 0.123. The molecule has 9 nitrogen and oxygen atoms in total. The number of aliphatic hydroxyl groups is 2. The molecule has 1 heterocycles. The molecule has 4 unspecified atom stereocenters. The van der Waals surface area contributed by atoms with Crippen molar-refractivity contribution in [1.29, 1.82) is 0 Å². The number of allylic oxidation sites excluding steroid dienone is 2. The predicted molar refractivity (Wildman–Crippen MR) is 192 cm³/mol. The highest BCUT2D eigenvalue weighted by atomic mass is 16.5. The summed E-state index contributed by atoms with van der Waals surface area (Å²) < 4.78 is 21.8. The van der Waals surface area contributed by atoms with E-state index in [1.807, 2.05) is 30.3 Å². The number of carbonyl (C=O) groups is 2. The molecule has 1 aromatic heterocycles. The molecule has 3 aromatic rings. The fourth-order valence-electron chi connectivity index (χ4n) is 8.02. The molecule has 0 radical (unpaired) electrons. The van der Waals surface area contributed by atoms with E-state index in [-0.39, 0.29) is 36.3 Å². The molecule has 0 saturated heterocycles. The van der Waals surface area contributed by atoms with Gasteiger partial charge in [-0.2, -0.15) is 0 Å². The molecule has 0 spiro atoms. The minimum Gasteiger partial charge on any atom is -0.493 e. The van der Waals surface area contributed by atoms with E-state index in [9.17, 15) is 19.8 Å².